The van der Waals surface area contributed by atoms with Crippen molar-refractivity contribution in [2.24, 2.45) is 0 Å². The lowest BCUT2D eigenvalue weighted by Gasteiger charge is -2.13. The molecule has 0 atom stereocenters. The molecule has 0 saturated heterocycles. The maximum Gasteiger partial charge on any atom is 0.259 e. The van der Waals surface area contributed by atoms with Crippen LogP contribution in [0.15, 0.2) is 40.4 Å². The van der Waals surface area contributed by atoms with E-state index < -0.39 is 18.8 Å². The topological polar surface area (TPSA) is 71.0 Å². The zero-order chi connectivity index (χ0) is 20.3. The van der Waals surface area contributed by atoms with Crippen LogP contribution in [0.3, 0.4) is 0 Å². The number of rotatable bonds is 6. The second-order valence-corrected chi connectivity index (χ2v) is 7.85. The van der Waals surface area contributed by atoms with Gasteiger partial charge in [0.15, 0.2) is 5.13 Å². The number of nitrogens with one attached hydrogen (secondary N) is 1. The molecule has 146 valence electrons. The smallest absolute Gasteiger partial charge is 0.259 e. The van der Waals surface area contributed by atoms with Gasteiger partial charge in [-0.15, -0.1) is 0 Å². The number of alkyl halides is 2. The molecule has 11 heteroatoms. The molecule has 0 aliphatic carbocycles. The molecule has 28 heavy (non-hydrogen) atoms. The molecular weight excluding hydrogens is 459 g/mol. The Kier molecular flexibility index (Phi) is 6.25. The predicted molar refractivity (Wildman–Crippen MR) is 104 cm³/mol. The number of anilines is 2. The van der Waals surface area contributed by atoms with Crippen molar-refractivity contribution in [2.45, 2.75) is 6.43 Å². The summed E-state index contributed by atoms with van der Waals surface area (Å²) in [5.74, 6) is -0.546. The number of thiazole rings is 1. The van der Waals surface area contributed by atoms with Gasteiger partial charge in [-0.25, -0.2) is 28.1 Å². The first-order chi connectivity index (χ1) is 13.3. The van der Waals surface area contributed by atoms with Crippen molar-refractivity contribution >= 4 is 44.1 Å². The lowest BCUT2D eigenvalue weighted by atomic mass is 10.2. The first kappa shape index (κ1) is 20.2. The van der Waals surface area contributed by atoms with Crippen molar-refractivity contribution in [3.63, 3.8) is 0 Å². The van der Waals surface area contributed by atoms with E-state index in [1.807, 2.05) is 0 Å². The standard InChI is InChI=1S/C17H13BrF3N5OS/c1-26(16(27)9-2-4-10(19)5-3-9)17-25-14(15(18)28-17)11-6-13(24-8-23-11)22-7-12(20)21/h2-6,8,12H,7H2,1H3,(H,22,23,24). The second kappa shape index (κ2) is 8.65. The summed E-state index contributed by atoms with van der Waals surface area (Å²) >= 11 is 4.59. The first-order valence-corrected chi connectivity index (χ1v) is 9.50. The second-order valence-electron chi connectivity index (χ2n) is 5.55. The van der Waals surface area contributed by atoms with E-state index in [-0.39, 0.29) is 11.7 Å². The number of carbonyl (C=O) groups is 1. The van der Waals surface area contributed by atoms with Crippen LogP contribution in [0.5, 0.6) is 0 Å². The number of nitrogens with zero attached hydrogens (tertiary/aromatic N) is 4. The van der Waals surface area contributed by atoms with E-state index in [0.717, 1.165) is 0 Å². The van der Waals surface area contributed by atoms with Crippen molar-refractivity contribution in [3.8, 4) is 11.4 Å². The normalized spacial score (nSPS) is 10.9. The van der Waals surface area contributed by atoms with Crippen LogP contribution in [0.2, 0.25) is 0 Å². The monoisotopic (exact) mass is 471 g/mol. The van der Waals surface area contributed by atoms with E-state index in [2.05, 4.69) is 36.2 Å². The van der Waals surface area contributed by atoms with Gasteiger partial charge in [0, 0.05) is 18.7 Å². The molecule has 3 aromatic rings. The number of hydrogen-bond donors (Lipinski definition) is 1. The highest BCUT2D eigenvalue weighted by Crippen LogP contribution is 2.36. The van der Waals surface area contributed by atoms with Gasteiger partial charge >= 0.3 is 0 Å². The van der Waals surface area contributed by atoms with E-state index in [4.69, 9.17) is 0 Å². The number of hydrogen-bond acceptors (Lipinski definition) is 6. The lowest BCUT2D eigenvalue weighted by molar-refractivity contribution is 0.0993. The fourth-order valence-corrected chi connectivity index (χ4v) is 3.72. The third-order valence-electron chi connectivity index (χ3n) is 3.60. The molecule has 3 rings (SSSR count). The Morgan fingerprint density at radius 3 is 2.68 bits per heavy atom. The van der Waals surface area contributed by atoms with E-state index >= 15 is 0 Å². The Labute approximate surface area is 170 Å². The van der Waals surface area contributed by atoms with Crippen molar-refractivity contribution in [2.75, 3.05) is 23.8 Å². The summed E-state index contributed by atoms with van der Waals surface area (Å²) in [6.45, 7) is -0.533. The minimum absolute atomic E-state index is 0.238. The summed E-state index contributed by atoms with van der Waals surface area (Å²) in [7, 11) is 1.55. The fraction of sp³-hybridized carbons (Fsp3) is 0.176. The predicted octanol–water partition coefficient (Wildman–Crippen LogP) is 4.46. The Balaban J connectivity index is 1.83. The molecule has 1 amide bonds. The number of carbonyl (C=O) groups excluding carboxylic acids is 1. The summed E-state index contributed by atoms with van der Waals surface area (Å²) in [6.07, 6.45) is -1.27. The molecule has 6 nitrogen and oxygen atoms in total. The number of halogens is 4. The summed E-state index contributed by atoms with van der Waals surface area (Å²) in [6, 6.07) is 6.69. The third kappa shape index (κ3) is 4.65. The summed E-state index contributed by atoms with van der Waals surface area (Å²) in [5, 5.41) is 2.90. The molecule has 2 aromatic heterocycles. The molecule has 1 aromatic carbocycles. The van der Waals surface area contributed by atoms with Crippen LogP contribution in [-0.2, 0) is 0 Å². The van der Waals surface area contributed by atoms with Crippen LogP contribution in [0.25, 0.3) is 11.4 Å². The summed E-state index contributed by atoms with van der Waals surface area (Å²) in [4.78, 5) is 26.3. The van der Waals surface area contributed by atoms with E-state index in [1.54, 1.807) is 7.05 Å². The third-order valence-corrected chi connectivity index (χ3v) is 5.39. The van der Waals surface area contributed by atoms with Gasteiger partial charge in [0.1, 0.15) is 27.4 Å². The zero-order valence-corrected chi connectivity index (χ0v) is 16.8. The average Bonchev–Trinajstić information content (AvgIpc) is 3.08. The van der Waals surface area contributed by atoms with Crippen LogP contribution >= 0.6 is 27.3 Å². The highest BCUT2D eigenvalue weighted by Gasteiger charge is 2.20. The minimum atomic E-state index is -2.51. The Bertz CT molecular complexity index is 983. The van der Waals surface area contributed by atoms with Crippen LogP contribution in [0.1, 0.15) is 10.4 Å². The van der Waals surface area contributed by atoms with Crippen molar-refractivity contribution < 1.29 is 18.0 Å². The van der Waals surface area contributed by atoms with E-state index in [1.165, 1.54) is 52.9 Å². The molecule has 0 aliphatic rings. The van der Waals surface area contributed by atoms with Crippen molar-refractivity contribution in [3.05, 3.63) is 51.8 Å². The number of aromatic nitrogens is 3. The van der Waals surface area contributed by atoms with Crippen molar-refractivity contribution in [1.29, 1.82) is 0 Å². The highest BCUT2D eigenvalue weighted by molar-refractivity contribution is 9.11. The summed E-state index contributed by atoms with van der Waals surface area (Å²) < 4.78 is 38.4. The molecular formula is C17H13BrF3N5OS. The average molecular weight is 472 g/mol. The largest absolute Gasteiger partial charge is 0.364 e. The van der Waals surface area contributed by atoms with Gasteiger partial charge in [0.05, 0.1) is 12.2 Å². The van der Waals surface area contributed by atoms with Crippen LogP contribution in [0, 0.1) is 5.82 Å². The fourth-order valence-electron chi connectivity index (χ4n) is 2.23. The molecule has 0 saturated carbocycles. The van der Waals surface area contributed by atoms with Gasteiger partial charge in [-0.05, 0) is 40.2 Å². The molecule has 2 heterocycles. The van der Waals surface area contributed by atoms with Crippen LogP contribution in [-0.4, -0.2) is 40.9 Å². The Hall–Kier alpha value is -2.53. The molecule has 0 bridgehead atoms. The maximum atomic E-state index is 13.0. The van der Waals surface area contributed by atoms with Gasteiger partial charge in [0.2, 0.25) is 0 Å². The molecule has 0 fully saturated rings. The van der Waals surface area contributed by atoms with Gasteiger partial charge in [-0.1, -0.05) is 11.3 Å². The number of benzene rings is 1. The van der Waals surface area contributed by atoms with Gasteiger partial charge in [0.25, 0.3) is 12.3 Å². The van der Waals surface area contributed by atoms with Gasteiger partial charge in [-0.2, -0.15) is 0 Å². The van der Waals surface area contributed by atoms with Crippen LogP contribution < -0.4 is 10.2 Å². The zero-order valence-electron chi connectivity index (χ0n) is 14.4. The quantitative estimate of drug-likeness (QED) is 0.574. The molecule has 0 aliphatic heterocycles. The molecule has 0 radical (unpaired) electrons. The first-order valence-electron chi connectivity index (χ1n) is 7.89. The molecule has 0 spiro atoms. The van der Waals surface area contributed by atoms with Gasteiger partial charge < -0.3 is 5.32 Å². The lowest BCUT2D eigenvalue weighted by Crippen LogP contribution is -2.26. The SMILES string of the molecule is CN(C(=O)c1ccc(F)cc1)c1nc(-c2cc(NCC(F)F)ncn2)c(Br)s1. The van der Waals surface area contributed by atoms with E-state index in [9.17, 15) is 18.0 Å². The van der Waals surface area contributed by atoms with Gasteiger partial charge in [-0.3, -0.25) is 9.69 Å². The molecule has 1 N–H and O–H groups in total. The van der Waals surface area contributed by atoms with Crippen LogP contribution in [0.4, 0.5) is 24.1 Å². The Morgan fingerprint density at radius 2 is 2.00 bits per heavy atom. The van der Waals surface area contributed by atoms with E-state index in [0.29, 0.717) is 25.9 Å². The summed E-state index contributed by atoms with van der Waals surface area (Å²) in [5.41, 5.74) is 1.17. The highest BCUT2D eigenvalue weighted by atomic mass is 79.9. The maximum absolute atomic E-state index is 13.0. The van der Waals surface area contributed by atoms with Crippen molar-refractivity contribution in [1.82, 2.24) is 15.0 Å². The molecule has 0 unspecified atom stereocenters. The number of amides is 1. The minimum Gasteiger partial charge on any atom is -0.364 e. The Morgan fingerprint density at radius 1 is 1.29 bits per heavy atom.